The minimum atomic E-state index is -0.495. The molecule has 0 saturated heterocycles. The zero-order valence-electron chi connectivity index (χ0n) is 12.1. The van der Waals surface area contributed by atoms with Gasteiger partial charge in [-0.3, -0.25) is 4.79 Å². The van der Waals surface area contributed by atoms with Crippen molar-refractivity contribution in [2.45, 2.75) is 45.8 Å². The van der Waals surface area contributed by atoms with Crippen LogP contribution < -0.4 is 14.8 Å². The van der Waals surface area contributed by atoms with E-state index in [2.05, 4.69) is 5.32 Å². The molecule has 0 unspecified atom stereocenters. The smallest absolute Gasteiger partial charge is 0.261 e. The molecule has 0 aromatic heterocycles. The first-order chi connectivity index (χ1) is 9.12. The number of amides is 1. The van der Waals surface area contributed by atoms with E-state index in [4.69, 9.17) is 9.47 Å². The molecular weight excluding hydrogens is 242 g/mol. The molecule has 0 aliphatic carbocycles. The Morgan fingerprint density at radius 2 is 1.84 bits per heavy atom. The molecule has 1 aromatic carbocycles. The van der Waals surface area contributed by atoms with Crippen molar-refractivity contribution >= 4 is 5.91 Å². The molecule has 0 heterocycles. The largest absolute Gasteiger partial charge is 0.493 e. The second kappa shape index (κ2) is 7.67. The lowest BCUT2D eigenvalue weighted by Crippen LogP contribution is -2.42. The first-order valence-electron chi connectivity index (χ1n) is 6.72. The number of methoxy groups -OCH3 is 1. The highest BCUT2D eigenvalue weighted by Crippen LogP contribution is 2.27. The van der Waals surface area contributed by atoms with E-state index in [0.29, 0.717) is 17.9 Å². The fourth-order valence-electron chi connectivity index (χ4n) is 1.63. The first kappa shape index (κ1) is 15.3. The number of ether oxygens (including phenoxy) is 2. The maximum atomic E-state index is 12.1. The molecule has 2 atom stereocenters. The van der Waals surface area contributed by atoms with Gasteiger partial charge in [0.15, 0.2) is 17.6 Å². The van der Waals surface area contributed by atoms with Crippen molar-refractivity contribution in [2.24, 2.45) is 0 Å². The van der Waals surface area contributed by atoms with Crippen LogP contribution in [-0.4, -0.2) is 25.2 Å². The van der Waals surface area contributed by atoms with E-state index in [9.17, 15) is 4.79 Å². The van der Waals surface area contributed by atoms with Crippen LogP contribution in [0.25, 0.3) is 0 Å². The minimum Gasteiger partial charge on any atom is -0.493 e. The molecule has 1 rings (SSSR count). The van der Waals surface area contributed by atoms with Gasteiger partial charge in [-0.15, -0.1) is 0 Å². The van der Waals surface area contributed by atoms with E-state index in [-0.39, 0.29) is 11.9 Å². The lowest BCUT2D eigenvalue weighted by Gasteiger charge is -2.20. The Morgan fingerprint density at radius 1 is 1.21 bits per heavy atom. The normalized spacial score (nSPS) is 13.5. The summed E-state index contributed by atoms with van der Waals surface area (Å²) in [5, 5.41) is 2.93. The highest BCUT2D eigenvalue weighted by molar-refractivity contribution is 5.81. The standard InChI is InChI=1S/C15H23NO3/c1-5-11(3)16-15(17)12(6-2)19-14-10-8-7-9-13(14)18-4/h7-12H,5-6H2,1-4H3,(H,16,17)/t11-,12+/m0/s1. The number of hydrogen-bond acceptors (Lipinski definition) is 3. The monoisotopic (exact) mass is 265 g/mol. The van der Waals surface area contributed by atoms with Gasteiger partial charge < -0.3 is 14.8 Å². The third kappa shape index (κ3) is 4.47. The second-order valence-corrected chi connectivity index (χ2v) is 4.48. The zero-order valence-corrected chi connectivity index (χ0v) is 12.1. The average molecular weight is 265 g/mol. The van der Waals surface area contributed by atoms with Gasteiger partial charge in [-0.1, -0.05) is 26.0 Å². The quantitative estimate of drug-likeness (QED) is 0.824. The van der Waals surface area contributed by atoms with Crippen molar-refractivity contribution in [2.75, 3.05) is 7.11 Å². The lowest BCUT2D eigenvalue weighted by molar-refractivity contribution is -0.128. The molecule has 0 radical (unpaired) electrons. The Morgan fingerprint density at radius 3 is 2.37 bits per heavy atom. The Balaban J connectivity index is 2.73. The molecule has 1 N–H and O–H groups in total. The van der Waals surface area contributed by atoms with Crippen LogP contribution in [-0.2, 0) is 4.79 Å². The highest BCUT2D eigenvalue weighted by atomic mass is 16.5. The Kier molecular flexibility index (Phi) is 6.19. The van der Waals surface area contributed by atoms with Gasteiger partial charge in [-0.05, 0) is 31.9 Å². The Labute approximate surface area is 115 Å². The SMILES string of the molecule is CC[C@H](C)NC(=O)[C@@H](CC)Oc1ccccc1OC. The number of benzene rings is 1. The number of carbonyl (C=O) groups is 1. The first-order valence-corrected chi connectivity index (χ1v) is 6.72. The van der Waals surface area contributed by atoms with Crippen molar-refractivity contribution in [3.63, 3.8) is 0 Å². The molecule has 0 saturated carbocycles. The van der Waals surface area contributed by atoms with Gasteiger partial charge >= 0.3 is 0 Å². The highest BCUT2D eigenvalue weighted by Gasteiger charge is 2.20. The molecule has 0 spiro atoms. The van der Waals surface area contributed by atoms with E-state index in [1.165, 1.54) is 0 Å². The van der Waals surface area contributed by atoms with Gasteiger partial charge in [0, 0.05) is 6.04 Å². The predicted octanol–water partition coefficient (Wildman–Crippen LogP) is 2.77. The van der Waals surface area contributed by atoms with Gasteiger partial charge in [0.1, 0.15) is 0 Å². The van der Waals surface area contributed by atoms with Gasteiger partial charge in [-0.25, -0.2) is 0 Å². The summed E-state index contributed by atoms with van der Waals surface area (Å²) in [7, 11) is 1.59. The fourth-order valence-corrected chi connectivity index (χ4v) is 1.63. The third-order valence-corrected chi connectivity index (χ3v) is 3.00. The van der Waals surface area contributed by atoms with E-state index in [1.807, 2.05) is 39.0 Å². The van der Waals surface area contributed by atoms with Gasteiger partial charge in [-0.2, -0.15) is 0 Å². The molecule has 0 aliphatic rings. The van der Waals surface area contributed by atoms with E-state index < -0.39 is 6.10 Å². The number of para-hydroxylation sites is 2. The molecule has 0 aliphatic heterocycles. The fraction of sp³-hybridized carbons (Fsp3) is 0.533. The summed E-state index contributed by atoms with van der Waals surface area (Å²) in [6.45, 7) is 5.94. The second-order valence-electron chi connectivity index (χ2n) is 4.48. The molecule has 106 valence electrons. The summed E-state index contributed by atoms with van der Waals surface area (Å²) in [5.41, 5.74) is 0. The van der Waals surface area contributed by atoms with Crippen molar-refractivity contribution in [3.8, 4) is 11.5 Å². The third-order valence-electron chi connectivity index (χ3n) is 3.00. The van der Waals surface area contributed by atoms with Gasteiger partial charge in [0.05, 0.1) is 7.11 Å². The number of hydrogen-bond donors (Lipinski definition) is 1. The molecule has 1 amide bonds. The predicted molar refractivity (Wildman–Crippen MR) is 75.6 cm³/mol. The van der Waals surface area contributed by atoms with Gasteiger partial charge in [0.25, 0.3) is 5.91 Å². The average Bonchev–Trinajstić information content (AvgIpc) is 2.44. The molecule has 4 nitrogen and oxygen atoms in total. The van der Waals surface area contributed by atoms with Crippen LogP contribution >= 0.6 is 0 Å². The van der Waals surface area contributed by atoms with Crippen LogP contribution in [0.2, 0.25) is 0 Å². The van der Waals surface area contributed by atoms with Crippen molar-refractivity contribution in [3.05, 3.63) is 24.3 Å². The van der Waals surface area contributed by atoms with Crippen LogP contribution in [0.1, 0.15) is 33.6 Å². The van der Waals surface area contributed by atoms with Crippen molar-refractivity contribution in [1.29, 1.82) is 0 Å². The van der Waals surface area contributed by atoms with Crippen LogP contribution in [0.4, 0.5) is 0 Å². The minimum absolute atomic E-state index is 0.0808. The van der Waals surface area contributed by atoms with E-state index in [1.54, 1.807) is 13.2 Å². The summed E-state index contributed by atoms with van der Waals surface area (Å²) in [4.78, 5) is 12.1. The topological polar surface area (TPSA) is 47.6 Å². The lowest BCUT2D eigenvalue weighted by atomic mass is 10.2. The van der Waals surface area contributed by atoms with E-state index >= 15 is 0 Å². The summed E-state index contributed by atoms with van der Waals surface area (Å²) >= 11 is 0. The molecule has 4 heteroatoms. The molecule has 0 fully saturated rings. The summed E-state index contributed by atoms with van der Waals surface area (Å²) in [5.74, 6) is 1.15. The number of rotatable bonds is 7. The van der Waals surface area contributed by atoms with Gasteiger partial charge in [0.2, 0.25) is 0 Å². The maximum absolute atomic E-state index is 12.1. The Hall–Kier alpha value is -1.71. The number of carbonyl (C=O) groups excluding carboxylic acids is 1. The van der Waals surface area contributed by atoms with Crippen LogP contribution in [0.3, 0.4) is 0 Å². The molecule has 1 aromatic rings. The number of nitrogens with one attached hydrogen (secondary N) is 1. The zero-order chi connectivity index (χ0) is 14.3. The summed E-state index contributed by atoms with van der Waals surface area (Å²) < 4.78 is 11.0. The van der Waals surface area contributed by atoms with Crippen molar-refractivity contribution < 1.29 is 14.3 Å². The van der Waals surface area contributed by atoms with E-state index in [0.717, 1.165) is 6.42 Å². The molecule has 19 heavy (non-hydrogen) atoms. The van der Waals surface area contributed by atoms with Crippen molar-refractivity contribution in [1.82, 2.24) is 5.32 Å². The molecular formula is C15H23NO3. The van der Waals surface area contributed by atoms with Crippen LogP contribution in [0.5, 0.6) is 11.5 Å². The maximum Gasteiger partial charge on any atom is 0.261 e. The summed E-state index contributed by atoms with van der Waals surface area (Å²) in [6, 6.07) is 7.50. The van der Waals surface area contributed by atoms with Crippen LogP contribution in [0.15, 0.2) is 24.3 Å². The Bertz CT molecular complexity index is 406. The molecule has 0 bridgehead atoms. The summed E-state index contributed by atoms with van der Waals surface area (Å²) in [6.07, 6.45) is 1.02. The van der Waals surface area contributed by atoms with Crippen LogP contribution in [0, 0.1) is 0 Å².